The second-order valence-corrected chi connectivity index (χ2v) is 6.80. The van der Waals surface area contributed by atoms with E-state index < -0.39 is 30.0 Å². The van der Waals surface area contributed by atoms with E-state index in [1.165, 1.54) is 6.07 Å². The minimum absolute atomic E-state index is 0.00532. The normalized spacial score (nSPS) is 27.4. The van der Waals surface area contributed by atoms with Crippen LogP contribution in [0, 0.1) is 0 Å². The number of hydrogen-bond donors (Lipinski definition) is 4. The molecule has 0 saturated carbocycles. The van der Waals surface area contributed by atoms with Gasteiger partial charge in [0.05, 0.1) is 0 Å². The monoisotopic (exact) mass is 388 g/mol. The first-order valence-corrected chi connectivity index (χ1v) is 8.90. The van der Waals surface area contributed by atoms with E-state index in [4.69, 9.17) is 10.5 Å². The fourth-order valence-corrected chi connectivity index (χ4v) is 3.36. The number of aromatic nitrogens is 2. The summed E-state index contributed by atoms with van der Waals surface area (Å²) in [6, 6.07) is 1.26. The van der Waals surface area contributed by atoms with Crippen molar-refractivity contribution in [3.63, 3.8) is 0 Å². The second kappa shape index (κ2) is 7.87. The van der Waals surface area contributed by atoms with Gasteiger partial charge in [-0.2, -0.15) is 23.1 Å². The van der Waals surface area contributed by atoms with Crippen LogP contribution in [0.5, 0.6) is 0 Å². The van der Waals surface area contributed by atoms with Gasteiger partial charge in [0.15, 0.2) is 11.9 Å². The molecule has 9 nitrogen and oxygen atoms in total. The molecule has 0 aliphatic carbocycles. The van der Waals surface area contributed by atoms with Crippen LogP contribution < -0.4 is 21.3 Å². The molecule has 2 aliphatic rings. The number of nitrogen functional groups attached to an aromatic ring is 1. The zero-order chi connectivity index (χ0) is 19.6. The molecular formula is C16H24F2N5O4+. The van der Waals surface area contributed by atoms with Gasteiger partial charge in [-0.15, -0.1) is 0 Å². The SMILES string of the molecule is Nc1cc[n+](C2OC(CNCCCN3CCCC3=O)C(O)C2(F)F)c(=O)[nH]1. The van der Waals surface area contributed by atoms with Crippen LogP contribution in [-0.4, -0.2) is 65.2 Å². The fourth-order valence-electron chi connectivity index (χ4n) is 3.36. The molecule has 2 saturated heterocycles. The molecular weight excluding hydrogens is 364 g/mol. The first kappa shape index (κ1) is 19.6. The Hall–Kier alpha value is -2.11. The van der Waals surface area contributed by atoms with E-state index in [-0.39, 0.29) is 18.3 Å². The van der Waals surface area contributed by atoms with Gasteiger partial charge in [0.2, 0.25) is 5.91 Å². The van der Waals surface area contributed by atoms with Gasteiger partial charge in [-0.25, -0.2) is 0 Å². The minimum atomic E-state index is -3.64. The summed E-state index contributed by atoms with van der Waals surface area (Å²) in [5.41, 5.74) is 4.56. The summed E-state index contributed by atoms with van der Waals surface area (Å²) in [5.74, 6) is -3.46. The second-order valence-electron chi connectivity index (χ2n) is 6.80. The zero-order valence-electron chi connectivity index (χ0n) is 14.7. The number of aliphatic hydroxyl groups excluding tert-OH is 1. The van der Waals surface area contributed by atoms with Crippen molar-refractivity contribution in [3.8, 4) is 0 Å². The number of aromatic amines is 1. The van der Waals surface area contributed by atoms with Gasteiger partial charge in [0.25, 0.3) is 6.23 Å². The summed E-state index contributed by atoms with van der Waals surface area (Å²) in [5, 5.41) is 12.9. The highest BCUT2D eigenvalue weighted by Crippen LogP contribution is 2.39. The molecule has 0 bridgehead atoms. The lowest BCUT2D eigenvalue weighted by Crippen LogP contribution is -2.60. The Balaban J connectivity index is 1.53. The summed E-state index contributed by atoms with van der Waals surface area (Å²) < 4.78 is 34.7. The van der Waals surface area contributed by atoms with Crippen LogP contribution in [0.25, 0.3) is 0 Å². The number of nitrogens with two attached hydrogens (primary N) is 1. The Morgan fingerprint density at radius 2 is 2.26 bits per heavy atom. The van der Waals surface area contributed by atoms with E-state index in [1.54, 1.807) is 4.90 Å². The van der Waals surface area contributed by atoms with E-state index >= 15 is 0 Å². The third-order valence-corrected chi connectivity index (χ3v) is 4.83. The van der Waals surface area contributed by atoms with Gasteiger partial charge >= 0.3 is 11.6 Å². The van der Waals surface area contributed by atoms with E-state index in [0.29, 0.717) is 30.5 Å². The van der Waals surface area contributed by atoms with Crippen LogP contribution in [0.1, 0.15) is 25.5 Å². The third-order valence-electron chi connectivity index (χ3n) is 4.83. The predicted molar refractivity (Wildman–Crippen MR) is 89.8 cm³/mol. The third kappa shape index (κ3) is 4.09. The fraction of sp³-hybridized carbons (Fsp3) is 0.688. The molecule has 0 radical (unpaired) electrons. The largest absolute Gasteiger partial charge is 0.499 e. The van der Waals surface area contributed by atoms with Crippen LogP contribution >= 0.6 is 0 Å². The number of alkyl halides is 2. The van der Waals surface area contributed by atoms with Crippen molar-refractivity contribution in [1.29, 1.82) is 0 Å². The number of anilines is 1. The van der Waals surface area contributed by atoms with Crippen LogP contribution in [0.2, 0.25) is 0 Å². The quantitative estimate of drug-likeness (QED) is 0.341. The maximum Gasteiger partial charge on any atom is 0.499 e. The number of halogens is 2. The maximum atomic E-state index is 14.4. The molecule has 27 heavy (non-hydrogen) atoms. The molecule has 2 fully saturated rings. The molecule has 0 spiro atoms. The zero-order valence-corrected chi connectivity index (χ0v) is 14.7. The number of amides is 1. The van der Waals surface area contributed by atoms with Crippen LogP contribution in [-0.2, 0) is 9.53 Å². The number of H-pyrrole nitrogens is 1. The van der Waals surface area contributed by atoms with Crippen molar-refractivity contribution < 1.29 is 28.0 Å². The van der Waals surface area contributed by atoms with Gasteiger partial charge in [0.1, 0.15) is 12.3 Å². The highest BCUT2D eigenvalue weighted by Gasteiger charge is 2.62. The lowest BCUT2D eigenvalue weighted by Gasteiger charge is -2.18. The Bertz CT molecular complexity index is 744. The predicted octanol–water partition coefficient (Wildman–Crippen LogP) is -1.26. The van der Waals surface area contributed by atoms with Crippen molar-refractivity contribution in [3.05, 3.63) is 22.7 Å². The van der Waals surface area contributed by atoms with E-state index in [2.05, 4.69) is 10.3 Å². The molecule has 11 heteroatoms. The number of ether oxygens (including phenoxy) is 1. The smallest absolute Gasteiger partial charge is 0.384 e. The van der Waals surface area contributed by atoms with E-state index in [9.17, 15) is 23.5 Å². The van der Waals surface area contributed by atoms with Gasteiger partial charge < -0.3 is 25.8 Å². The van der Waals surface area contributed by atoms with Crippen LogP contribution in [0.4, 0.5) is 14.6 Å². The van der Waals surface area contributed by atoms with Crippen molar-refractivity contribution >= 4 is 11.7 Å². The first-order valence-electron chi connectivity index (χ1n) is 8.90. The summed E-state index contributed by atoms with van der Waals surface area (Å²) >= 11 is 0. The molecule has 1 aromatic heterocycles. The molecule has 3 rings (SSSR count). The Morgan fingerprint density at radius 3 is 2.93 bits per heavy atom. The standard InChI is InChI=1S/C16H23F2N5O4/c17-16(18)13(25)10(9-20-5-2-7-22-6-1-3-12(22)24)27-14(16)23-8-4-11(19)21-15(23)26/h4,8,10,13-14,20,25H,1-3,5-7,9H2,(H2,19,21,26)/p+1. The van der Waals surface area contributed by atoms with Crippen LogP contribution in [0.15, 0.2) is 17.1 Å². The summed E-state index contributed by atoms with van der Waals surface area (Å²) in [4.78, 5) is 27.4. The molecule has 2 aliphatic heterocycles. The molecule has 0 aromatic carbocycles. The Morgan fingerprint density at radius 1 is 1.48 bits per heavy atom. The molecule has 5 N–H and O–H groups in total. The number of likely N-dealkylation sites (tertiary alicyclic amines) is 1. The molecule has 1 amide bonds. The molecule has 150 valence electrons. The lowest BCUT2D eigenvalue weighted by atomic mass is 10.1. The number of nitrogens with one attached hydrogen (secondary N) is 2. The first-order chi connectivity index (χ1) is 12.8. The minimum Gasteiger partial charge on any atom is -0.384 e. The number of carbonyl (C=O) groups excluding carboxylic acids is 1. The van der Waals surface area contributed by atoms with E-state index in [0.717, 1.165) is 19.2 Å². The summed E-state index contributed by atoms with van der Waals surface area (Å²) in [6.45, 7) is 1.84. The van der Waals surface area contributed by atoms with Crippen molar-refractivity contribution in [2.75, 3.05) is 31.9 Å². The average molecular weight is 388 g/mol. The Labute approximate surface area is 154 Å². The number of rotatable bonds is 7. The topological polar surface area (TPSA) is 125 Å². The number of hydrogen-bond acceptors (Lipinski definition) is 6. The van der Waals surface area contributed by atoms with Crippen LogP contribution in [0.3, 0.4) is 0 Å². The summed E-state index contributed by atoms with van der Waals surface area (Å²) in [7, 11) is 0. The molecule has 1 aromatic rings. The molecule has 3 atom stereocenters. The van der Waals surface area contributed by atoms with Crippen molar-refractivity contribution in [2.45, 2.75) is 43.6 Å². The highest BCUT2D eigenvalue weighted by atomic mass is 19.3. The number of nitrogens with zero attached hydrogens (tertiary/aromatic N) is 2. The van der Waals surface area contributed by atoms with Gasteiger partial charge in [-0.05, 0) is 19.4 Å². The average Bonchev–Trinajstić information content (AvgIpc) is 3.11. The van der Waals surface area contributed by atoms with Crippen molar-refractivity contribution in [2.24, 2.45) is 0 Å². The molecule has 3 heterocycles. The highest BCUT2D eigenvalue weighted by molar-refractivity contribution is 5.77. The van der Waals surface area contributed by atoms with Gasteiger partial charge in [-0.1, -0.05) is 0 Å². The lowest BCUT2D eigenvalue weighted by molar-refractivity contribution is -0.789. The molecule has 3 unspecified atom stereocenters. The number of carbonyl (C=O) groups is 1. The summed E-state index contributed by atoms with van der Waals surface area (Å²) in [6.07, 6.45) is -1.95. The van der Waals surface area contributed by atoms with E-state index in [1.807, 2.05) is 0 Å². The maximum absolute atomic E-state index is 14.4. The van der Waals surface area contributed by atoms with Gasteiger partial charge in [0, 0.05) is 32.1 Å². The van der Waals surface area contributed by atoms with Crippen molar-refractivity contribution in [1.82, 2.24) is 15.2 Å². The van der Waals surface area contributed by atoms with Gasteiger partial charge in [-0.3, -0.25) is 4.79 Å². The Kier molecular flexibility index (Phi) is 5.72. The number of aliphatic hydroxyl groups is 1.